The molecular formula is C14H19F2NO2. The van der Waals surface area contributed by atoms with Gasteiger partial charge in [-0.25, -0.2) is 8.78 Å². The molecule has 19 heavy (non-hydrogen) atoms. The normalized spacial score (nSPS) is 22.7. The lowest BCUT2D eigenvalue weighted by atomic mass is 10.0. The van der Waals surface area contributed by atoms with Crippen LogP contribution in [0.4, 0.5) is 8.78 Å². The molecule has 106 valence electrons. The van der Waals surface area contributed by atoms with Gasteiger partial charge in [0.25, 0.3) is 0 Å². The smallest absolute Gasteiger partial charge is 0.132 e. The summed E-state index contributed by atoms with van der Waals surface area (Å²) in [6.07, 6.45) is -1.90. The Balaban J connectivity index is 2.17. The third-order valence-corrected chi connectivity index (χ3v) is 3.50. The van der Waals surface area contributed by atoms with Crippen LogP contribution in [0.25, 0.3) is 0 Å². The predicted octanol–water partition coefficient (Wildman–Crippen LogP) is 2.11. The lowest BCUT2D eigenvalue weighted by Gasteiger charge is -2.37. The summed E-state index contributed by atoms with van der Waals surface area (Å²) < 4.78 is 32.7. The lowest BCUT2D eigenvalue weighted by molar-refractivity contribution is -0.0978. The second kappa shape index (κ2) is 5.94. The van der Waals surface area contributed by atoms with Crippen LogP contribution in [0, 0.1) is 11.6 Å². The largest absolute Gasteiger partial charge is 0.385 e. The highest BCUT2D eigenvalue weighted by atomic mass is 19.1. The molecule has 1 heterocycles. The van der Waals surface area contributed by atoms with Crippen LogP contribution in [0.2, 0.25) is 0 Å². The zero-order valence-electron chi connectivity index (χ0n) is 11.1. The molecule has 0 radical (unpaired) electrons. The first-order valence-corrected chi connectivity index (χ1v) is 6.48. The van der Waals surface area contributed by atoms with Gasteiger partial charge in [-0.15, -0.1) is 0 Å². The molecule has 2 unspecified atom stereocenters. The van der Waals surface area contributed by atoms with Crippen LogP contribution in [0.5, 0.6) is 0 Å². The molecular weight excluding hydrogens is 252 g/mol. The SMILES string of the molecule is CC(C)N1CCOC(C(O)c2c(F)cccc2F)C1. The van der Waals surface area contributed by atoms with Crippen LogP contribution in [-0.4, -0.2) is 41.8 Å². The van der Waals surface area contributed by atoms with Crippen molar-refractivity contribution in [2.75, 3.05) is 19.7 Å². The zero-order chi connectivity index (χ0) is 14.0. The first kappa shape index (κ1) is 14.4. The van der Waals surface area contributed by atoms with Crippen molar-refractivity contribution in [1.82, 2.24) is 4.90 Å². The number of benzene rings is 1. The predicted molar refractivity (Wildman–Crippen MR) is 67.8 cm³/mol. The Morgan fingerprint density at radius 1 is 1.32 bits per heavy atom. The second-order valence-corrected chi connectivity index (χ2v) is 5.08. The molecule has 1 aliphatic heterocycles. The minimum Gasteiger partial charge on any atom is -0.385 e. The fourth-order valence-electron chi connectivity index (χ4n) is 2.34. The minimum atomic E-state index is -1.29. The van der Waals surface area contributed by atoms with Crippen molar-refractivity contribution in [2.24, 2.45) is 0 Å². The summed E-state index contributed by atoms with van der Waals surface area (Å²) in [5, 5.41) is 10.2. The number of morpholine rings is 1. The van der Waals surface area contributed by atoms with Gasteiger partial charge in [-0.2, -0.15) is 0 Å². The van der Waals surface area contributed by atoms with Crippen molar-refractivity contribution in [2.45, 2.75) is 32.1 Å². The fourth-order valence-corrected chi connectivity index (χ4v) is 2.34. The molecule has 0 amide bonds. The molecule has 3 nitrogen and oxygen atoms in total. The van der Waals surface area contributed by atoms with Crippen molar-refractivity contribution in [3.63, 3.8) is 0 Å². The van der Waals surface area contributed by atoms with E-state index >= 15 is 0 Å². The van der Waals surface area contributed by atoms with Crippen molar-refractivity contribution in [3.8, 4) is 0 Å². The number of aliphatic hydroxyl groups is 1. The number of nitrogens with zero attached hydrogens (tertiary/aromatic N) is 1. The van der Waals surface area contributed by atoms with Gasteiger partial charge in [0.05, 0.1) is 12.2 Å². The molecule has 0 aromatic heterocycles. The quantitative estimate of drug-likeness (QED) is 0.914. The number of aliphatic hydroxyl groups excluding tert-OH is 1. The van der Waals surface area contributed by atoms with Crippen molar-refractivity contribution in [3.05, 3.63) is 35.4 Å². The summed E-state index contributed by atoms with van der Waals surface area (Å²) in [5.74, 6) is -1.48. The maximum atomic E-state index is 13.6. The van der Waals surface area contributed by atoms with Crippen LogP contribution in [0.15, 0.2) is 18.2 Å². The van der Waals surface area contributed by atoms with E-state index in [9.17, 15) is 13.9 Å². The Bertz CT molecular complexity index is 419. The Labute approximate surface area is 111 Å². The summed E-state index contributed by atoms with van der Waals surface area (Å²) in [6.45, 7) is 5.76. The van der Waals surface area contributed by atoms with Crippen LogP contribution >= 0.6 is 0 Å². The highest BCUT2D eigenvalue weighted by molar-refractivity contribution is 5.23. The molecule has 1 fully saturated rings. The minimum absolute atomic E-state index is 0.307. The standard InChI is InChI=1S/C14H19F2NO2/c1-9(2)17-6-7-19-12(8-17)14(18)13-10(15)4-3-5-11(13)16/h3-5,9,12,14,18H,6-8H2,1-2H3. The van der Waals surface area contributed by atoms with E-state index in [1.165, 1.54) is 6.07 Å². The third-order valence-electron chi connectivity index (χ3n) is 3.50. The van der Waals surface area contributed by atoms with Crippen LogP contribution < -0.4 is 0 Å². The third kappa shape index (κ3) is 3.11. The van der Waals surface area contributed by atoms with Gasteiger partial charge in [-0.3, -0.25) is 4.90 Å². The molecule has 1 aromatic rings. The molecule has 2 atom stereocenters. The van der Waals surface area contributed by atoms with Crippen molar-refractivity contribution >= 4 is 0 Å². The highest BCUT2D eigenvalue weighted by Gasteiger charge is 2.32. The molecule has 0 aliphatic carbocycles. The number of halogens is 2. The number of ether oxygens (including phenoxy) is 1. The van der Waals surface area contributed by atoms with Crippen molar-refractivity contribution < 1.29 is 18.6 Å². The average Bonchev–Trinajstić information content (AvgIpc) is 2.38. The molecule has 1 saturated heterocycles. The number of hydrogen-bond donors (Lipinski definition) is 1. The van der Waals surface area contributed by atoms with Gasteiger partial charge in [-0.1, -0.05) is 6.07 Å². The van der Waals surface area contributed by atoms with Crippen LogP contribution in [0.3, 0.4) is 0 Å². The van der Waals surface area contributed by atoms with Gasteiger partial charge in [0.1, 0.15) is 23.8 Å². The first-order valence-electron chi connectivity index (χ1n) is 6.48. The maximum Gasteiger partial charge on any atom is 0.132 e. The van der Waals surface area contributed by atoms with Crippen LogP contribution in [-0.2, 0) is 4.74 Å². The van der Waals surface area contributed by atoms with E-state index in [4.69, 9.17) is 4.74 Å². The molecule has 1 aromatic carbocycles. The Kier molecular flexibility index (Phi) is 4.50. The summed E-state index contributed by atoms with van der Waals surface area (Å²) in [6, 6.07) is 3.88. The highest BCUT2D eigenvalue weighted by Crippen LogP contribution is 2.27. The molecule has 0 spiro atoms. The zero-order valence-corrected chi connectivity index (χ0v) is 11.1. The van der Waals surface area contributed by atoms with E-state index in [1.807, 2.05) is 13.8 Å². The van der Waals surface area contributed by atoms with E-state index in [2.05, 4.69) is 4.90 Å². The summed E-state index contributed by atoms with van der Waals surface area (Å²) in [5.41, 5.74) is -0.307. The van der Waals surface area contributed by atoms with E-state index in [1.54, 1.807) is 0 Å². The topological polar surface area (TPSA) is 32.7 Å². The van der Waals surface area contributed by atoms with Gasteiger partial charge >= 0.3 is 0 Å². The maximum absolute atomic E-state index is 13.6. The van der Waals surface area contributed by atoms with Gasteiger partial charge in [0, 0.05) is 19.1 Å². The van der Waals surface area contributed by atoms with Crippen molar-refractivity contribution in [1.29, 1.82) is 0 Å². The van der Waals surface area contributed by atoms with Gasteiger partial charge in [-0.05, 0) is 26.0 Å². The lowest BCUT2D eigenvalue weighted by Crippen LogP contribution is -2.48. The number of rotatable bonds is 3. The summed E-state index contributed by atoms with van der Waals surface area (Å²) in [4.78, 5) is 2.12. The van der Waals surface area contributed by atoms with E-state index in [0.29, 0.717) is 19.2 Å². The van der Waals surface area contributed by atoms with Gasteiger partial charge in [0.15, 0.2) is 0 Å². The van der Waals surface area contributed by atoms with E-state index in [-0.39, 0.29) is 5.56 Å². The molecule has 5 heteroatoms. The number of hydrogen-bond acceptors (Lipinski definition) is 3. The molecule has 1 aliphatic rings. The molecule has 2 rings (SSSR count). The Morgan fingerprint density at radius 3 is 2.53 bits per heavy atom. The summed E-state index contributed by atoms with van der Waals surface area (Å²) >= 11 is 0. The monoisotopic (exact) mass is 271 g/mol. The average molecular weight is 271 g/mol. The molecule has 1 N–H and O–H groups in total. The van der Waals surface area contributed by atoms with E-state index in [0.717, 1.165) is 18.7 Å². The second-order valence-electron chi connectivity index (χ2n) is 5.08. The van der Waals surface area contributed by atoms with E-state index < -0.39 is 23.8 Å². The molecule has 0 bridgehead atoms. The first-order chi connectivity index (χ1) is 9.00. The Hall–Kier alpha value is -1.04. The summed E-state index contributed by atoms with van der Waals surface area (Å²) in [7, 11) is 0. The van der Waals surface area contributed by atoms with Gasteiger partial charge in [0.2, 0.25) is 0 Å². The fraction of sp³-hybridized carbons (Fsp3) is 0.571. The van der Waals surface area contributed by atoms with Crippen LogP contribution in [0.1, 0.15) is 25.5 Å². The van der Waals surface area contributed by atoms with Gasteiger partial charge < -0.3 is 9.84 Å². The Morgan fingerprint density at radius 2 is 1.95 bits per heavy atom. The molecule has 0 saturated carbocycles.